The fourth-order valence-electron chi connectivity index (χ4n) is 1.93. The van der Waals surface area contributed by atoms with Crippen LogP contribution in [0.15, 0.2) is 24.5 Å². The van der Waals surface area contributed by atoms with Gasteiger partial charge in [0.05, 0.1) is 0 Å². The van der Waals surface area contributed by atoms with Crippen LogP contribution >= 0.6 is 11.6 Å². The maximum absolute atomic E-state index is 6.02. The zero-order valence-electron chi connectivity index (χ0n) is 8.79. The number of aromatic nitrogens is 3. The molecule has 4 heteroatoms. The van der Waals surface area contributed by atoms with Gasteiger partial charge >= 0.3 is 0 Å². The van der Waals surface area contributed by atoms with Crippen molar-refractivity contribution < 1.29 is 0 Å². The third kappa shape index (κ3) is 1.28. The smallest absolute Gasteiger partial charge is 0.156 e. The van der Waals surface area contributed by atoms with Gasteiger partial charge in [0.25, 0.3) is 0 Å². The zero-order valence-corrected chi connectivity index (χ0v) is 9.54. The van der Waals surface area contributed by atoms with Crippen LogP contribution in [0.2, 0.25) is 5.15 Å². The molecule has 0 aliphatic carbocycles. The number of benzene rings is 1. The first-order valence-electron chi connectivity index (χ1n) is 5.20. The number of halogens is 1. The summed E-state index contributed by atoms with van der Waals surface area (Å²) in [7, 11) is 0. The van der Waals surface area contributed by atoms with E-state index in [-0.39, 0.29) is 0 Å². The van der Waals surface area contributed by atoms with E-state index in [2.05, 4.69) is 40.1 Å². The largest absolute Gasteiger partial charge is 0.351 e. The van der Waals surface area contributed by atoms with E-state index in [0.717, 1.165) is 28.4 Å². The molecule has 0 saturated heterocycles. The number of nitrogens with one attached hydrogen (secondary N) is 1. The van der Waals surface area contributed by atoms with Crippen LogP contribution in [0.1, 0.15) is 12.5 Å². The van der Waals surface area contributed by atoms with Gasteiger partial charge in [-0.3, -0.25) is 0 Å². The Bertz CT molecular complexity index is 672. The van der Waals surface area contributed by atoms with Crippen molar-refractivity contribution in [1.29, 1.82) is 0 Å². The average molecular weight is 232 g/mol. The summed E-state index contributed by atoms with van der Waals surface area (Å²) < 4.78 is 0. The molecule has 0 atom stereocenters. The first kappa shape index (κ1) is 9.60. The monoisotopic (exact) mass is 231 g/mol. The number of fused-ring (bicyclic) bond motifs is 3. The summed E-state index contributed by atoms with van der Waals surface area (Å²) in [6, 6.07) is 6.32. The maximum atomic E-state index is 6.02. The summed E-state index contributed by atoms with van der Waals surface area (Å²) in [5, 5.41) is 1.58. The summed E-state index contributed by atoms with van der Waals surface area (Å²) in [6.07, 6.45) is 2.51. The van der Waals surface area contributed by atoms with Crippen LogP contribution in [0.3, 0.4) is 0 Å². The second kappa shape index (κ2) is 3.46. The summed E-state index contributed by atoms with van der Waals surface area (Å²) >= 11 is 6.02. The number of H-pyrrole nitrogens is 1. The lowest BCUT2D eigenvalue weighted by Crippen LogP contribution is -1.81. The normalized spacial score (nSPS) is 11.4. The molecular weight excluding hydrogens is 222 g/mol. The lowest BCUT2D eigenvalue weighted by Gasteiger charge is -1.95. The molecule has 3 rings (SSSR count). The molecular formula is C12H10ClN3. The van der Waals surface area contributed by atoms with Crippen molar-refractivity contribution in [1.82, 2.24) is 15.0 Å². The van der Waals surface area contributed by atoms with Gasteiger partial charge in [0.1, 0.15) is 17.4 Å². The average Bonchev–Trinajstić information content (AvgIpc) is 2.68. The van der Waals surface area contributed by atoms with E-state index in [9.17, 15) is 0 Å². The predicted molar refractivity (Wildman–Crippen MR) is 65.8 cm³/mol. The lowest BCUT2D eigenvalue weighted by molar-refractivity contribution is 1.15. The molecule has 2 heterocycles. The minimum atomic E-state index is 0.472. The van der Waals surface area contributed by atoms with Crippen LogP contribution < -0.4 is 0 Å². The van der Waals surface area contributed by atoms with Crippen molar-refractivity contribution in [2.24, 2.45) is 0 Å². The second-order valence-corrected chi connectivity index (χ2v) is 4.10. The Balaban J connectivity index is 2.47. The van der Waals surface area contributed by atoms with Gasteiger partial charge in [-0.2, -0.15) is 0 Å². The molecule has 0 unspecified atom stereocenters. The van der Waals surface area contributed by atoms with E-state index in [1.54, 1.807) is 0 Å². The Labute approximate surface area is 97.5 Å². The van der Waals surface area contributed by atoms with Gasteiger partial charge in [0, 0.05) is 10.9 Å². The fourth-order valence-corrected chi connectivity index (χ4v) is 2.11. The van der Waals surface area contributed by atoms with E-state index < -0.39 is 0 Å². The Morgan fingerprint density at radius 2 is 2.19 bits per heavy atom. The van der Waals surface area contributed by atoms with Gasteiger partial charge in [0.15, 0.2) is 5.15 Å². The summed E-state index contributed by atoms with van der Waals surface area (Å²) in [6.45, 7) is 2.14. The van der Waals surface area contributed by atoms with Crippen molar-refractivity contribution in [2.75, 3.05) is 0 Å². The molecule has 0 saturated carbocycles. The quantitative estimate of drug-likeness (QED) is 0.653. The van der Waals surface area contributed by atoms with Crippen molar-refractivity contribution in [2.45, 2.75) is 13.3 Å². The molecule has 0 radical (unpaired) electrons. The molecule has 1 N–H and O–H groups in total. The topological polar surface area (TPSA) is 41.6 Å². The van der Waals surface area contributed by atoms with Gasteiger partial charge in [-0.05, 0) is 24.1 Å². The van der Waals surface area contributed by atoms with Crippen LogP contribution in [0.5, 0.6) is 0 Å². The van der Waals surface area contributed by atoms with E-state index in [0.29, 0.717) is 5.15 Å². The van der Waals surface area contributed by atoms with E-state index in [1.807, 2.05) is 0 Å². The van der Waals surface area contributed by atoms with Crippen molar-refractivity contribution in [3.05, 3.63) is 35.2 Å². The molecule has 16 heavy (non-hydrogen) atoms. The first-order valence-corrected chi connectivity index (χ1v) is 5.58. The predicted octanol–water partition coefficient (Wildman–Crippen LogP) is 3.33. The van der Waals surface area contributed by atoms with Crippen LogP contribution in [0.25, 0.3) is 21.9 Å². The number of aryl methyl sites for hydroxylation is 1. The Hall–Kier alpha value is -1.61. The molecule has 80 valence electrons. The van der Waals surface area contributed by atoms with Crippen molar-refractivity contribution in [3.63, 3.8) is 0 Å². The fraction of sp³-hybridized carbons (Fsp3) is 0.167. The molecule has 0 fully saturated rings. The standard InChI is InChI=1S/C12H10ClN3/c1-2-7-3-4-9-8(5-7)10-11(16-9)12(13)15-6-14-10/h3-6,16H,2H2,1H3. The van der Waals surface area contributed by atoms with Gasteiger partial charge in [0.2, 0.25) is 0 Å². The van der Waals surface area contributed by atoms with Crippen LogP contribution in [-0.4, -0.2) is 15.0 Å². The molecule has 0 bridgehead atoms. The number of hydrogen-bond donors (Lipinski definition) is 1. The molecule has 2 aromatic heterocycles. The third-order valence-corrected chi connectivity index (χ3v) is 3.09. The molecule has 0 spiro atoms. The number of nitrogens with zero attached hydrogens (tertiary/aromatic N) is 2. The van der Waals surface area contributed by atoms with Crippen LogP contribution in [-0.2, 0) is 6.42 Å². The Kier molecular flexibility index (Phi) is 2.07. The van der Waals surface area contributed by atoms with Crippen molar-refractivity contribution in [3.8, 4) is 0 Å². The second-order valence-electron chi connectivity index (χ2n) is 3.75. The van der Waals surface area contributed by atoms with E-state index in [1.165, 1.54) is 11.9 Å². The third-order valence-electron chi connectivity index (χ3n) is 2.81. The highest BCUT2D eigenvalue weighted by Gasteiger charge is 2.08. The molecule has 1 aromatic carbocycles. The van der Waals surface area contributed by atoms with E-state index in [4.69, 9.17) is 11.6 Å². The van der Waals surface area contributed by atoms with E-state index >= 15 is 0 Å². The number of hydrogen-bond acceptors (Lipinski definition) is 2. The minimum Gasteiger partial charge on any atom is -0.351 e. The van der Waals surface area contributed by atoms with Gasteiger partial charge in [-0.25, -0.2) is 9.97 Å². The Morgan fingerprint density at radius 3 is 3.00 bits per heavy atom. The first-order chi connectivity index (χ1) is 7.79. The van der Waals surface area contributed by atoms with Crippen molar-refractivity contribution >= 4 is 33.5 Å². The molecule has 0 amide bonds. The summed E-state index contributed by atoms with van der Waals surface area (Å²) in [5.41, 5.74) is 4.05. The highest BCUT2D eigenvalue weighted by Crippen LogP contribution is 2.27. The van der Waals surface area contributed by atoms with Crippen LogP contribution in [0.4, 0.5) is 0 Å². The minimum absolute atomic E-state index is 0.472. The molecule has 0 aliphatic rings. The molecule has 3 nitrogen and oxygen atoms in total. The van der Waals surface area contributed by atoms with Gasteiger partial charge < -0.3 is 4.98 Å². The summed E-state index contributed by atoms with van der Waals surface area (Å²) in [4.78, 5) is 11.5. The number of aromatic amines is 1. The Morgan fingerprint density at radius 1 is 1.31 bits per heavy atom. The molecule has 0 aliphatic heterocycles. The maximum Gasteiger partial charge on any atom is 0.156 e. The zero-order chi connectivity index (χ0) is 11.1. The highest BCUT2D eigenvalue weighted by atomic mass is 35.5. The van der Waals surface area contributed by atoms with Gasteiger partial charge in [-0.1, -0.05) is 24.6 Å². The molecule has 3 aromatic rings. The lowest BCUT2D eigenvalue weighted by atomic mass is 10.1. The summed E-state index contributed by atoms with van der Waals surface area (Å²) in [5.74, 6) is 0. The SMILES string of the molecule is CCc1ccc2[nH]c3c(Cl)ncnc3c2c1. The highest BCUT2D eigenvalue weighted by molar-refractivity contribution is 6.34. The van der Waals surface area contributed by atoms with Crippen LogP contribution in [0, 0.1) is 0 Å². The van der Waals surface area contributed by atoms with Gasteiger partial charge in [-0.15, -0.1) is 0 Å². The number of rotatable bonds is 1.